The number of aliphatic carboxylic acids is 2. The monoisotopic (exact) mass is 1270 g/mol. The minimum atomic E-state index is -3.25. The average molecular weight is 1280 g/mol. The molecule has 32 atom stereocenters. The van der Waals surface area contributed by atoms with Gasteiger partial charge in [0.05, 0.1) is 70.7 Å². The number of rotatable bonds is 27. The summed E-state index contributed by atoms with van der Waals surface area (Å²) in [5, 5.41) is 222. The van der Waals surface area contributed by atoms with E-state index in [0.717, 1.165) is 12.0 Å². The van der Waals surface area contributed by atoms with Crippen LogP contribution in [0.2, 0.25) is 0 Å². The fourth-order valence-corrected chi connectivity index (χ4v) is 11.3. The van der Waals surface area contributed by atoms with Crippen molar-refractivity contribution < 1.29 is 173 Å². The van der Waals surface area contributed by atoms with Crippen molar-refractivity contribution in [3.63, 3.8) is 0 Å². The molecular formula is C50H86N2O35. The molecule has 0 radical (unpaired) electrons. The van der Waals surface area contributed by atoms with Gasteiger partial charge in [0.1, 0.15) is 122 Å². The lowest BCUT2D eigenvalue weighted by molar-refractivity contribution is -0.406. The number of likely N-dealkylation sites (N-methyl/N-ethyl adjacent to an activating group) is 1. The lowest BCUT2D eigenvalue weighted by Gasteiger charge is -2.53. The van der Waals surface area contributed by atoms with E-state index in [1.807, 2.05) is 0 Å². The number of aliphatic hydroxyl groups excluding tert-OH is 18. The van der Waals surface area contributed by atoms with Gasteiger partial charge in [0.15, 0.2) is 25.1 Å². The second kappa shape index (κ2) is 31.2. The molecule has 6 heterocycles. The normalized spacial score (nSPS) is 45.2. The first-order chi connectivity index (χ1) is 40.9. The van der Waals surface area contributed by atoms with Gasteiger partial charge in [-0.2, -0.15) is 5.06 Å². The van der Waals surface area contributed by atoms with Crippen LogP contribution in [0.1, 0.15) is 47.0 Å². The van der Waals surface area contributed by atoms with Crippen molar-refractivity contribution in [2.24, 2.45) is 11.8 Å². The molecule has 10 unspecified atom stereocenters. The zero-order valence-corrected chi connectivity index (χ0v) is 47.9. The van der Waals surface area contributed by atoms with Gasteiger partial charge in [-0.3, -0.25) is 9.63 Å². The maximum atomic E-state index is 13.6. The third-order valence-corrected chi connectivity index (χ3v) is 16.4. The Bertz CT molecular complexity index is 2180. The van der Waals surface area contributed by atoms with Crippen LogP contribution in [0, 0.1) is 11.8 Å². The summed E-state index contributed by atoms with van der Waals surface area (Å²) in [6, 6.07) is -2.03. The minimum absolute atomic E-state index is 0.128. The van der Waals surface area contributed by atoms with E-state index in [2.05, 4.69) is 5.32 Å². The number of hydroxylamine groups is 2. The lowest BCUT2D eigenvalue weighted by Crippen LogP contribution is -2.71. The summed E-state index contributed by atoms with van der Waals surface area (Å²) in [7, 11) is 1.35. The van der Waals surface area contributed by atoms with Gasteiger partial charge < -0.3 is 160 Å². The molecule has 37 heteroatoms. The zero-order valence-electron chi connectivity index (χ0n) is 47.9. The van der Waals surface area contributed by atoms with Gasteiger partial charge in [0.25, 0.3) is 11.6 Å². The third kappa shape index (κ3) is 15.6. The molecule has 1 amide bonds. The van der Waals surface area contributed by atoms with Crippen LogP contribution in [-0.2, 0) is 71.3 Å². The van der Waals surface area contributed by atoms with Crippen molar-refractivity contribution in [3.8, 4) is 0 Å². The molecule has 21 N–H and O–H groups in total. The Hall–Kier alpha value is -2.83. The zero-order chi connectivity index (χ0) is 64.9. The Kier molecular flexibility index (Phi) is 26.3. The molecule has 6 rings (SSSR count). The maximum absolute atomic E-state index is 13.6. The molecule has 0 aromatic rings. The molecule has 6 aliphatic rings. The van der Waals surface area contributed by atoms with Crippen LogP contribution >= 0.6 is 0 Å². The number of nitrogens with zero attached hydrogens (tertiary/aromatic N) is 1. The van der Waals surface area contributed by atoms with E-state index in [1.165, 1.54) is 20.9 Å². The first-order valence-electron chi connectivity index (χ1n) is 28.2. The van der Waals surface area contributed by atoms with Crippen LogP contribution in [0.3, 0.4) is 0 Å². The highest BCUT2D eigenvalue weighted by molar-refractivity contribution is 5.76. The summed E-state index contributed by atoms with van der Waals surface area (Å²) in [5.74, 6) is -13.9. The van der Waals surface area contributed by atoms with Gasteiger partial charge in [-0.05, 0) is 6.42 Å². The second-order valence-electron chi connectivity index (χ2n) is 22.5. The predicted molar refractivity (Wildman–Crippen MR) is 273 cm³/mol. The second-order valence-corrected chi connectivity index (χ2v) is 22.5. The molecule has 0 saturated carbocycles. The van der Waals surface area contributed by atoms with E-state index >= 15 is 0 Å². The van der Waals surface area contributed by atoms with Gasteiger partial charge in [-0.1, -0.05) is 20.8 Å². The van der Waals surface area contributed by atoms with E-state index < -0.39 is 265 Å². The lowest BCUT2D eigenvalue weighted by atomic mass is 9.84. The van der Waals surface area contributed by atoms with Crippen molar-refractivity contribution in [3.05, 3.63) is 0 Å². The summed E-state index contributed by atoms with van der Waals surface area (Å²) in [4.78, 5) is 45.3. The van der Waals surface area contributed by atoms with E-state index in [0.29, 0.717) is 6.42 Å². The first kappa shape index (κ1) is 73.2. The van der Waals surface area contributed by atoms with Crippen LogP contribution in [0.25, 0.3) is 0 Å². The number of amides is 1. The highest BCUT2D eigenvalue weighted by Gasteiger charge is 2.63. The number of ether oxygens (including phenoxy) is 11. The number of carboxylic acids is 2. The first-order valence-corrected chi connectivity index (χ1v) is 28.2. The molecule has 506 valence electrons. The molecule has 37 nitrogen and oxygen atoms in total. The van der Waals surface area contributed by atoms with Gasteiger partial charge in [-0.15, -0.1) is 0 Å². The number of carbonyl (C=O) groups excluding carboxylic acids is 1. The number of carboxylic acid groups (broad SMARTS) is 2. The largest absolute Gasteiger partial charge is 0.477 e. The van der Waals surface area contributed by atoms with Crippen molar-refractivity contribution in [1.82, 2.24) is 10.4 Å². The standard InChI is InChI=1S/C50H86N2O35/c1-6-7-76-52(5)43-33(69)32(68)38(25(14-57)77-43)81-46-35(71)42(87-50(48(74)75)9-20(61)17(3)37(85-50)29(65)22(63)11-54)39(26(15-58)80-46)82-44-27(51-18(4)59)40(30(66)23(12-55)78-44)83-45-34(70)41(31(67)24(13-56)79-45)86-49(47(72)73)8-19(60)16(2)36(84-49)28(64)21(62)10-53/h16-17,19-46,53-58,60-71H,6-15H2,1-5H3,(H,51,59)(H,72,73)(H,74,75)/t16-,17-,19?,20?,21-,22-,23?,24?,25?,26?,27?,28-,29-,30+,31+,32-,33?,34?,35?,36-,37-,38-,39+,40-,41+,42-,43-,44+,45+,46+,49+,50+/m1/s1. The Morgan fingerprint density at radius 1 is 0.552 bits per heavy atom. The molecule has 6 aliphatic heterocycles. The van der Waals surface area contributed by atoms with Gasteiger partial charge >= 0.3 is 11.9 Å². The maximum Gasteiger partial charge on any atom is 0.364 e. The number of aliphatic hydroxyl groups is 18. The molecule has 0 aromatic heterocycles. The van der Waals surface area contributed by atoms with Gasteiger partial charge in [0, 0.05) is 38.6 Å². The molecule has 0 aliphatic carbocycles. The molecule has 0 bridgehead atoms. The number of nitrogens with one attached hydrogen (secondary N) is 1. The molecule has 87 heavy (non-hydrogen) atoms. The molecule has 6 fully saturated rings. The van der Waals surface area contributed by atoms with Crippen molar-refractivity contribution >= 4 is 17.8 Å². The highest BCUT2D eigenvalue weighted by atomic mass is 16.8. The van der Waals surface area contributed by atoms with Gasteiger partial charge in [0.2, 0.25) is 5.91 Å². The van der Waals surface area contributed by atoms with Crippen LogP contribution in [0.5, 0.6) is 0 Å². The average Bonchev–Trinajstić information content (AvgIpc) is 1.13. The Morgan fingerprint density at radius 3 is 1.41 bits per heavy atom. The van der Waals surface area contributed by atoms with E-state index in [-0.39, 0.29) is 6.61 Å². The van der Waals surface area contributed by atoms with Crippen LogP contribution in [-0.4, -0.2) is 361 Å². The quantitative estimate of drug-likeness (QED) is 0.0340. The molecule has 6 saturated heterocycles. The third-order valence-electron chi connectivity index (χ3n) is 16.4. The molecule has 0 spiro atoms. The van der Waals surface area contributed by atoms with E-state index in [9.17, 15) is 117 Å². The highest BCUT2D eigenvalue weighted by Crippen LogP contribution is 2.44. The topological polar surface area (TPSA) is 582 Å². The SMILES string of the molecule is CCCON(C)[C@@H]1OC(CO)[C@@H](O[C@@H]2OC(CO)[C@H](O[C@@H]3OC(CO)[C@H](O)[C@H](O[C@@H]4OC(CO)[C@H](O)[C@H](O[C@]5(C(=O)O)CC(O)[C@@H](C)[C@H]([C@H](O)[C@H](O)CO)O5)C4O)C3NC(C)=O)[C@H](O[C@]3(C(=O)O)CC(O)[C@@H](C)[C@H]([C@H](O)[C@H](O)CO)O3)C2O)[C@H](O)C1O. The number of carbonyl (C=O) groups is 3. The van der Waals surface area contributed by atoms with Crippen LogP contribution < -0.4 is 5.32 Å². The fraction of sp³-hybridized carbons (Fsp3) is 0.940. The summed E-state index contributed by atoms with van der Waals surface area (Å²) >= 11 is 0. The summed E-state index contributed by atoms with van der Waals surface area (Å²) in [5.41, 5.74) is 0. The van der Waals surface area contributed by atoms with E-state index in [1.54, 1.807) is 6.92 Å². The summed E-state index contributed by atoms with van der Waals surface area (Å²) in [6.07, 6.45) is -57.0. The van der Waals surface area contributed by atoms with E-state index in [4.69, 9.17) is 56.9 Å². The Morgan fingerprint density at radius 2 is 0.966 bits per heavy atom. The van der Waals surface area contributed by atoms with Crippen LogP contribution in [0.15, 0.2) is 0 Å². The molecule has 0 aromatic carbocycles. The summed E-state index contributed by atoms with van der Waals surface area (Å²) < 4.78 is 65.3. The van der Waals surface area contributed by atoms with Crippen molar-refractivity contribution in [1.29, 1.82) is 0 Å². The van der Waals surface area contributed by atoms with Crippen molar-refractivity contribution in [2.75, 3.05) is 53.3 Å². The van der Waals surface area contributed by atoms with Crippen LogP contribution in [0.4, 0.5) is 0 Å². The fourth-order valence-electron chi connectivity index (χ4n) is 11.3. The predicted octanol–water partition coefficient (Wildman–Crippen LogP) is -11.7. The molecular weight excluding hydrogens is 1190 g/mol. The smallest absolute Gasteiger partial charge is 0.364 e. The Balaban J connectivity index is 1.40. The van der Waals surface area contributed by atoms with Gasteiger partial charge in [-0.25, -0.2) is 9.59 Å². The minimum Gasteiger partial charge on any atom is -0.477 e. The number of hydrogen-bond acceptors (Lipinski definition) is 34. The summed E-state index contributed by atoms with van der Waals surface area (Å²) in [6.45, 7) is -1.31. The van der Waals surface area contributed by atoms with Crippen molar-refractivity contribution in [2.45, 2.75) is 230 Å². The number of hydrogen-bond donors (Lipinski definition) is 21. The Labute approximate surface area is 496 Å².